The highest BCUT2D eigenvalue weighted by Gasteiger charge is 2.48. The Bertz CT molecular complexity index is 629. The number of carboxylic acids is 1. The van der Waals surface area contributed by atoms with Gasteiger partial charge in [0, 0.05) is 0 Å². The maximum absolute atomic E-state index is 11.6. The zero-order chi connectivity index (χ0) is 13.3. The van der Waals surface area contributed by atoms with Crippen LogP contribution in [0.3, 0.4) is 0 Å². The van der Waals surface area contributed by atoms with Crippen LogP contribution in [0.1, 0.15) is 5.76 Å². The number of hydrogen-bond donors (Lipinski definition) is 2. The Morgan fingerprint density at radius 1 is 1.42 bits per heavy atom. The lowest BCUT2D eigenvalue weighted by Crippen LogP contribution is -2.59. The van der Waals surface area contributed by atoms with Crippen LogP contribution < -0.4 is 5.32 Å². The van der Waals surface area contributed by atoms with Crippen molar-refractivity contribution in [1.82, 2.24) is 5.32 Å². The van der Waals surface area contributed by atoms with E-state index in [0.717, 1.165) is 0 Å². The second kappa shape index (κ2) is 4.25. The summed E-state index contributed by atoms with van der Waals surface area (Å²) in [6.07, 6.45) is 3.94. The predicted octanol–water partition coefficient (Wildman–Crippen LogP) is 0.0734. The Morgan fingerprint density at radius 3 is 3.05 bits per heavy atom. The van der Waals surface area contributed by atoms with Gasteiger partial charge in [-0.25, -0.2) is 24.8 Å². The third-order valence-corrected chi connectivity index (χ3v) is 2.76. The average molecular weight is 259 g/mol. The molecular weight excluding hydrogens is 250 g/mol. The molecule has 19 heavy (non-hydrogen) atoms. The Labute approximate surface area is 107 Å². The molecule has 8 nitrogen and oxygen atoms in total. The summed E-state index contributed by atoms with van der Waals surface area (Å²) in [5.41, 5.74) is -1.51. The van der Waals surface area contributed by atoms with Gasteiger partial charge >= 0.3 is 5.97 Å². The van der Waals surface area contributed by atoms with Crippen molar-refractivity contribution in [3.63, 3.8) is 0 Å². The maximum Gasteiger partial charge on any atom is 0.353 e. The fourth-order valence-electron chi connectivity index (χ4n) is 1.83. The van der Waals surface area contributed by atoms with Crippen LogP contribution in [0.5, 0.6) is 0 Å². The topological polar surface area (TPSA) is 112 Å². The normalized spacial score (nSPS) is 24.0. The van der Waals surface area contributed by atoms with Gasteiger partial charge in [-0.3, -0.25) is 5.32 Å². The van der Waals surface area contributed by atoms with Crippen LogP contribution in [0, 0.1) is 0 Å². The average Bonchev–Trinajstić information content (AvgIpc) is 3.07. The predicted molar refractivity (Wildman–Crippen MR) is 67.8 cm³/mol. The first-order chi connectivity index (χ1) is 9.22. The smallest absolute Gasteiger partial charge is 0.353 e. The van der Waals surface area contributed by atoms with Gasteiger partial charge in [0.05, 0.1) is 12.8 Å². The second-order valence-electron chi connectivity index (χ2n) is 3.87. The van der Waals surface area contributed by atoms with Crippen molar-refractivity contribution in [3.8, 4) is 0 Å². The molecule has 0 spiro atoms. The molecule has 1 aromatic rings. The highest BCUT2D eigenvalue weighted by atomic mass is 16.4. The van der Waals surface area contributed by atoms with Gasteiger partial charge in [-0.05, 0) is 12.1 Å². The molecule has 0 aliphatic carbocycles. The Morgan fingerprint density at radius 2 is 2.32 bits per heavy atom. The molecule has 1 aromatic heterocycles. The number of amidine groups is 1. The summed E-state index contributed by atoms with van der Waals surface area (Å²) in [5.74, 6) is -0.323. The molecule has 0 amide bonds. The summed E-state index contributed by atoms with van der Waals surface area (Å²) >= 11 is 0. The Kier molecular flexibility index (Phi) is 2.57. The third kappa shape index (κ3) is 1.78. The summed E-state index contributed by atoms with van der Waals surface area (Å²) in [5, 5.41) is 12.3. The molecule has 2 N–H and O–H groups in total. The van der Waals surface area contributed by atoms with Gasteiger partial charge in [0.2, 0.25) is 0 Å². The van der Waals surface area contributed by atoms with E-state index >= 15 is 0 Å². The number of rotatable bonds is 4. The van der Waals surface area contributed by atoms with Gasteiger partial charge in [0.15, 0.2) is 5.84 Å². The van der Waals surface area contributed by atoms with E-state index in [0.29, 0.717) is 5.76 Å². The van der Waals surface area contributed by atoms with E-state index in [-0.39, 0.29) is 18.1 Å². The zero-order valence-corrected chi connectivity index (χ0v) is 9.65. The van der Waals surface area contributed by atoms with Crippen molar-refractivity contribution in [1.29, 1.82) is 0 Å². The summed E-state index contributed by atoms with van der Waals surface area (Å²) < 4.78 is 5.15. The molecule has 8 heteroatoms. The van der Waals surface area contributed by atoms with E-state index < -0.39 is 11.6 Å². The highest BCUT2D eigenvalue weighted by molar-refractivity contribution is 6.53. The Hall–Kier alpha value is -2.61. The SMILES string of the molecule is O=C(O)C1(NCc2ccco2)N=CN=C2N=CN=C21. The molecule has 0 fully saturated rings. The molecule has 0 saturated heterocycles. The largest absolute Gasteiger partial charge is 0.478 e. The van der Waals surface area contributed by atoms with Gasteiger partial charge < -0.3 is 9.52 Å². The summed E-state index contributed by atoms with van der Waals surface area (Å²) in [7, 11) is 0. The van der Waals surface area contributed by atoms with Gasteiger partial charge in [-0.1, -0.05) is 0 Å². The van der Waals surface area contributed by atoms with Crippen LogP contribution in [0.4, 0.5) is 0 Å². The van der Waals surface area contributed by atoms with E-state index in [1.54, 1.807) is 12.1 Å². The van der Waals surface area contributed by atoms with E-state index in [2.05, 4.69) is 25.3 Å². The lowest BCUT2D eigenvalue weighted by atomic mass is 10.0. The molecule has 3 heterocycles. The number of hydrogen-bond acceptors (Lipinski definition) is 7. The van der Waals surface area contributed by atoms with Gasteiger partial charge in [-0.2, -0.15) is 0 Å². The number of aliphatic imine (C=N–C) groups is 4. The van der Waals surface area contributed by atoms with Gasteiger partial charge in [0.25, 0.3) is 5.66 Å². The van der Waals surface area contributed by atoms with Crippen molar-refractivity contribution in [3.05, 3.63) is 24.2 Å². The van der Waals surface area contributed by atoms with Crippen LogP contribution in [0.15, 0.2) is 42.8 Å². The molecule has 3 rings (SSSR count). The summed E-state index contributed by atoms with van der Waals surface area (Å²) in [4.78, 5) is 27.2. The van der Waals surface area contributed by atoms with Crippen LogP contribution in [-0.2, 0) is 11.3 Å². The number of fused-ring (bicyclic) bond motifs is 1. The minimum absolute atomic E-state index is 0.175. The standard InChI is InChI=1S/C11H9N5O3/c17-10(18)11(15-4-7-2-1-3-19-7)8-9(13-5-12-8)14-6-16-11/h1-3,5-6,15H,4H2,(H,17,18). The van der Waals surface area contributed by atoms with E-state index in [4.69, 9.17) is 4.42 Å². The van der Waals surface area contributed by atoms with Crippen LogP contribution in [0.2, 0.25) is 0 Å². The van der Waals surface area contributed by atoms with Crippen LogP contribution in [-0.4, -0.2) is 41.0 Å². The molecule has 1 unspecified atom stereocenters. The molecule has 0 aromatic carbocycles. The first-order valence-corrected chi connectivity index (χ1v) is 5.46. The zero-order valence-electron chi connectivity index (χ0n) is 9.65. The molecule has 2 aliphatic rings. The first kappa shape index (κ1) is 11.5. The monoisotopic (exact) mass is 259 g/mol. The lowest BCUT2D eigenvalue weighted by molar-refractivity contribution is -0.141. The quantitative estimate of drug-likeness (QED) is 0.796. The number of aliphatic carboxylic acids is 1. The van der Waals surface area contributed by atoms with Crippen molar-refractivity contribution < 1.29 is 14.3 Å². The first-order valence-electron chi connectivity index (χ1n) is 5.46. The molecule has 96 valence electrons. The summed E-state index contributed by atoms with van der Waals surface area (Å²) in [6, 6.07) is 3.45. The molecule has 1 atom stereocenters. The Balaban J connectivity index is 1.90. The summed E-state index contributed by atoms with van der Waals surface area (Å²) in [6.45, 7) is 0.197. The van der Waals surface area contributed by atoms with Crippen molar-refractivity contribution >= 4 is 30.2 Å². The molecular formula is C11H9N5O3. The van der Waals surface area contributed by atoms with Crippen LogP contribution >= 0.6 is 0 Å². The van der Waals surface area contributed by atoms with E-state index in [1.165, 1.54) is 18.9 Å². The fraction of sp³-hybridized carbons (Fsp3) is 0.182. The molecule has 2 aliphatic heterocycles. The minimum atomic E-state index is -1.68. The van der Waals surface area contributed by atoms with Crippen LogP contribution in [0.25, 0.3) is 0 Å². The lowest BCUT2D eigenvalue weighted by Gasteiger charge is -2.27. The fourth-order valence-corrected chi connectivity index (χ4v) is 1.83. The van der Waals surface area contributed by atoms with Crippen molar-refractivity contribution in [2.24, 2.45) is 20.0 Å². The van der Waals surface area contributed by atoms with Crippen molar-refractivity contribution in [2.75, 3.05) is 0 Å². The van der Waals surface area contributed by atoms with Crippen molar-refractivity contribution in [2.45, 2.75) is 12.2 Å². The molecule has 0 saturated carbocycles. The number of nitrogens with zero attached hydrogens (tertiary/aromatic N) is 4. The highest BCUT2D eigenvalue weighted by Crippen LogP contribution is 2.19. The maximum atomic E-state index is 11.6. The van der Waals surface area contributed by atoms with Gasteiger partial charge in [-0.15, -0.1) is 0 Å². The van der Waals surface area contributed by atoms with Gasteiger partial charge in [0.1, 0.15) is 24.1 Å². The van der Waals surface area contributed by atoms with E-state index in [9.17, 15) is 9.90 Å². The number of nitrogens with one attached hydrogen (secondary N) is 1. The number of carbonyl (C=O) groups is 1. The van der Waals surface area contributed by atoms with E-state index in [1.807, 2.05) is 0 Å². The number of carboxylic acid groups (broad SMARTS) is 1. The third-order valence-electron chi connectivity index (χ3n) is 2.76. The number of furan rings is 1. The molecule has 0 radical (unpaired) electrons. The molecule has 0 bridgehead atoms. The second-order valence-corrected chi connectivity index (χ2v) is 3.87. The minimum Gasteiger partial charge on any atom is -0.478 e.